The van der Waals surface area contributed by atoms with Crippen LogP contribution < -0.4 is 0 Å². The van der Waals surface area contributed by atoms with E-state index in [0.717, 1.165) is 11.4 Å². The number of ether oxygens (including phenoxy) is 1. The molecule has 0 spiro atoms. The fourth-order valence-electron chi connectivity index (χ4n) is 2.00. The zero-order chi connectivity index (χ0) is 14.5. The van der Waals surface area contributed by atoms with Gasteiger partial charge in [0.1, 0.15) is 5.56 Å². The minimum Gasteiger partial charge on any atom is -0.462 e. The Hall–Kier alpha value is -2.14. The van der Waals surface area contributed by atoms with Crippen molar-refractivity contribution < 1.29 is 9.53 Å². The van der Waals surface area contributed by atoms with E-state index in [9.17, 15) is 4.79 Å². The summed E-state index contributed by atoms with van der Waals surface area (Å²) in [7, 11) is 3.91. The molecule has 106 valence electrons. The van der Waals surface area contributed by atoms with Crippen molar-refractivity contribution in [3.63, 3.8) is 0 Å². The number of aromatic nitrogens is 2. The predicted molar refractivity (Wildman–Crippen MR) is 76.9 cm³/mol. The molecular formula is C15H19N3O2. The van der Waals surface area contributed by atoms with Gasteiger partial charge in [0.05, 0.1) is 24.2 Å². The van der Waals surface area contributed by atoms with Gasteiger partial charge >= 0.3 is 5.97 Å². The van der Waals surface area contributed by atoms with Gasteiger partial charge in [-0.2, -0.15) is 5.10 Å². The van der Waals surface area contributed by atoms with Crippen LogP contribution in [0.3, 0.4) is 0 Å². The van der Waals surface area contributed by atoms with Crippen LogP contribution in [-0.4, -0.2) is 41.4 Å². The molecule has 0 saturated heterocycles. The van der Waals surface area contributed by atoms with E-state index in [1.165, 1.54) is 0 Å². The minimum absolute atomic E-state index is 0.327. The molecule has 0 aliphatic rings. The van der Waals surface area contributed by atoms with Gasteiger partial charge in [-0.1, -0.05) is 18.2 Å². The van der Waals surface area contributed by atoms with Gasteiger partial charge in [-0.25, -0.2) is 9.48 Å². The Balaban J connectivity index is 2.45. The highest BCUT2D eigenvalue weighted by atomic mass is 16.5. The van der Waals surface area contributed by atoms with Crippen LogP contribution in [0.4, 0.5) is 0 Å². The predicted octanol–water partition coefficient (Wildman–Crippen LogP) is 2.11. The van der Waals surface area contributed by atoms with Crippen molar-refractivity contribution in [3.8, 4) is 5.69 Å². The summed E-state index contributed by atoms with van der Waals surface area (Å²) in [6.07, 6.45) is 1.57. The lowest BCUT2D eigenvalue weighted by molar-refractivity contribution is 0.0524. The molecule has 1 aromatic heterocycles. The Morgan fingerprint density at radius 3 is 2.60 bits per heavy atom. The third-order valence-corrected chi connectivity index (χ3v) is 2.83. The van der Waals surface area contributed by atoms with E-state index in [0.29, 0.717) is 18.7 Å². The van der Waals surface area contributed by atoms with Crippen molar-refractivity contribution in [1.29, 1.82) is 0 Å². The highest BCUT2D eigenvalue weighted by Gasteiger charge is 2.19. The summed E-state index contributed by atoms with van der Waals surface area (Å²) in [4.78, 5) is 14.0. The summed E-state index contributed by atoms with van der Waals surface area (Å²) in [5.74, 6) is -0.327. The molecule has 20 heavy (non-hydrogen) atoms. The smallest absolute Gasteiger partial charge is 0.341 e. The van der Waals surface area contributed by atoms with Gasteiger partial charge in [0.2, 0.25) is 0 Å². The second-order valence-corrected chi connectivity index (χ2v) is 4.71. The van der Waals surface area contributed by atoms with E-state index in [2.05, 4.69) is 5.10 Å². The highest BCUT2D eigenvalue weighted by molar-refractivity contribution is 5.90. The molecule has 0 fully saturated rings. The molecule has 1 aromatic carbocycles. The molecule has 0 atom stereocenters. The first-order valence-electron chi connectivity index (χ1n) is 6.57. The summed E-state index contributed by atoms with van der Waals surface area (Å²) in [5, 5.41) is 4.33. The molecule has 5 nitrogen and oxygen atoms in total. The monoisotopic (exact) mass is 273 g/mol. The number of esters is 1. The molecule has 0 aliphatic carbocycles. The summed E-state index contributed by atoms with van der Waals surface area (Å²) in [6, 6.07) is 9.76. The van der Waals surface area contributed by atoms with Crippen LogP contribution in [0, 0.1) is 0 Å². The van der Waals surface area contributed by atoms with Crippen LogP contribution in [0.25, 0.3) is 5.69 Å². The maximum atomic E-state index is 12.0. The van der Waals surface area contributed by atoms with Crippen molar-refractivity contribution in [3.05, 3.63) is 47.8 Å². The summed E-state index contributed by atoms with van der Waals surface area (Å²) in [5.41, 5.74) is 2.28. The van der Waals surface area contributed by atoms with E-state index in [-0.39, 0.29) is 5.97 Å². The van der Waals surface area contributed by atoms with Crippen LogP contribution >= 0.6 is 0 Å². The third-order valence-electron chi connectivity index (χ3n) is 2.83. The van der Waals surface area contributed by atoms with Crippen molar-refractivity contribution in [2.75, 3.05) is 20.7 Å². The number of rotatable bonds is 5. The van der Waals surface area contributed by atoms with Crippen molar-refractivity contribution in [1.82, 2.24) is 14.7 Å². The SMILES string of the molecule is CCOC(=O)c1cnn(-c2ccccc2)c1CN(C)C. The Morgan fingerprint density at radius 1 is 1.30 bits per heavy atom. The van der Waals surface area contributed by atoms with Gasteiger partial charge < -0.3 is 9.64 Å². The first-order valence-corrected chi connectivity index (χ1v) is 6.57. The molecule has 2 aromatic rings. The van der Waals surface area contributed by atoms with Gasteiger partial charge in [-0.15, -0.1) is 0 Å². The molecule has 0 bridgehead atoms. The number of nitrogens with zero attached hydrogens (tertiary/aromatic N) is 3. The molecule has 0 N–H and O–H groups in total. The number of carbonyl (C=O) groups is 1. The molecule has 0 aliphatic heterocycles. The topological polar surface area (TPSA) is 47.4 Å². The van der Waals surface area contributed by atoms with Gasteiger partial charge in [0.15, 0.2) is 0 Å². The lowest BCUT2D eigenvalue weighted by Gasteiger charge is -2.13. The molecule has 5 heteroatoms. The molecule has 1 heterocycles. The summed E-state index contributed by atoms with van der Waals surface area (Å²) < 4.78 is 6.87. The normalized spacial score (nSPS) is 10.8. The van der Waals surface area contributed by atoms with Crippen molar-refractivity contribution in [2.45, 2.75) is 13.5 Å². The third kappa shape index (κ3) is 3.05. The quantitative estimate of drug-likeness (QED) is 0.783. The highest BCUT2D eigenvalue weighted by Crippen LogP contribution is 2.17. The minimum atomic E-state index is -0.327. The van der Waals surface area contributed by atoms with Gasteiger partial charge in [-0.05, 0) is 33.2 Å². The molecule has 0 radical (unpaired) electrons. The van der Waals surface area contributed by atoms with Crippen molar-refractivity contribution >= 4 is 5.97 Å². The zero-order valence-electron chi connectivity index (χ0n) is 12.0. The van der Waals surface area contributed by atoms with Crippen LogP contribution in [0.2, 0.25) is 0 Å². The second-order valence-electron chi connectivity index (χ2n) is 4.71. The van der Waals surface area contributed by atoms with Crippen LogP contribution in [0.15, 0.2) is 36.5 Å². The maximum absolute atomic E-state index is 12.0. The Kier molecular flexibility index (Phi) is 4.53. The number of carbonyl (C=O) groups excluding carboxylic acids is 1. The first-order chi connectivity index (χ1) is 9.63. The van der Waals surface area contributed by atoms with Gasteiger partial charge in [0.25, 0.3) is 0 Å². The molecule has 2 rings (SSSR count). The summed E-state index contributed by atoms with van der Waals surface area (Å²) >= 11 is 0. The molecular weight excluding hydrogens is 254 g/mol. The Labute approximate surface area is 118 Å². The second kappa shape index (κ2) is 6.34. The number of hydrogen-bond donors (Lipinski definition) is 0. The molecule has 0 unspecified atom stereocenters. The fraction of sp³-hybridized carbons (Fsp3) is 0.333. The van der Waals surface area contributed by atoms with E-state index in [4.69, 9.17) is 4.74 Å². The van der Waals surface area contributed by atoms with E-state index in [1.54, 1.807) is 17.8 Å². The van der Waals surface area contributed by atoms with E-state index in [1.807, 2.05) is 49.3 Å². The maximum Gasteiger partial charge on any atom is 0.341 e. The van der Waals surface area contributed by atoms with Crippen LogP contribution in [0.5, 0.6) is 0 Å². The Bertz CT molecular complexity index is 576. The molecule has 0 amide bonds. The zero-order valence-corrected chi connectivity index (χ0v) is 12.0. The lowest BCUT2D eigenvalue weighted by atomic mass is 10.2. The standard InChI is InChI=1S/C15H19N3O2/c1-4-20-15(19)13-10-16-18(14(13)11-17(2)3)12-8-6-5-7-9-12/h5-10H,4,11H2,1-3H3. The summed E-state index contributed by atoms with van der Waals surface area (Å²) in [6.45, 7) is 2.77. The van der Waals surface area contributed by atoms with Crippen LogP contribution in [0.1, 0.15) is 23.0 Å². The van der Waals surface area contributed by atoms with E-state index >= 15 is 0 Å². The number of para-hydroxylation sites is 1. The largest absolute Gasteiger partial charge is 0.462 e. The van der Waals surface area contributed by atoms with Crippen LogP contribution in [-0.2, 0) is 11.3 Å². The molecule has 0 saturated carbocycles. The van der Waals surface area contributed by atoms with Crippen molar-refractivity contribution in [2.24, 2.45) is 0 Å². The average Bonchev–Trinajstić information content (AvgIpc) is 2.83. The number of hydrogen-bond acceptors (Lipinski definition) is 4. The van der Waals surface area contributed by atoms with Gasteiger partial charge in [0, 0.05) is 6.54 Å². The Morgan fingerprint density at radius 2 is 2.00 bits per heavy atom. The van der Waals surface area contributed by atoms with E-state index < -0.39 is 0 Å². The van der Waals surface area contributed by atoms with Gasteiger partial charge in [-0.3, -0.25) is 0 Å². The number of benzene rings is 1. The lowest BCUT2D eigenvalue weighted by Crippen LogP contribution is -2.18. The fourth-order valence-corrected chi connectivity index (χ4v) is 2.00. The first kappa shape index (κ1) is 14.3. The average molecular weight is 273 g/mol.